The van der Waals surface area contributed by atoms with Crippen molar-refractivity contribution < 1.29 is 14.0 Å². The number of hydrogen-bond acceptors (Lipinski definition) is 5. The van der Waals surface area contributed by atoms with E-state index in [0.29, 0.717) is 17.1 Å². The van der Waals surface area contributed by atoms with E-state index in [9.17, 15) is 5.11 Å². The second-order valence-corrected chi connectivity index (χ2v) is 5.26. The summed E-state index contributed by atoms with van der Waals surface area (Å²) in [6.45, 7) is 1.90. The van der Waals surface area contributed by atoms with Gasteiger partial charge in [0, 0.05) is 3.57 Å². The lowest BCUT2D eigenvalue weighted by Crippen LogP contribution is -1.83. The maximum atomic E-state index is 9.83. The molecule has 0 unspecified atom stereocenters. The van der Waals surface area contributed by atoms with Crippen LogP contribution in [0.15, 0.2) is 39.5 Å². The maximum Gasteiger partial charge on any atom is 0.262 e. The van der Waals surface area contributed by atoms with Gasteiger partial charge in [0.05, 0.1) is 11.8 Å². The smallest absolute Gasteiger partial charge is 0.262 e. The van der Waals surface area contributed by atoms with Gasteiger partial charge in [-0.2, -0.15) is 4.98 Å². The van der Waals surface area contributed by atoms with Crippen molar-refractivity contribution in [1.29, 1.82) is 0 Å². The minimum absolute atomic E-state index is 0.104. The molecular weight excluding hydrogens is 359 g/mol. The number of aryl methyl sites for hydroxylation is 1. The first kappa shape index (κ1) is 12.2. The Bertz CT molecular complexity index is 733. The molecule has 0 atom stereocenters. The van der Waals surface area contributed by atoms with Crippen molar-refractivity contribution in [3.8, 4) is 28.8 Å². The zero-order valence-corrected chi connectivity index (χ0v) is 12.1. The summed E-state index contributed by atoms with van der Waals surface area (Å²) in [7, 11) is 0. The molecule has 1 aromatic carbocycles. The number of hydrogen-bond donors (Lipinski definition) is 1. The zero-order valence-electron chi connectivity index (χ0n) is 9.92. The van der Waals surface area contributed by atoms with Crippen molar-refractivity contribution in [2.45, 2.75) is 6.92 Å². The van der Waals surface area contributed by atoms with Crippen molar-refractivity contribution >= 4 is 22.6 Å². The number of rotatable bonds is 2. The Labute approximate surface area is 122 Å². The second-order valence-electron chi connectivity index (χ2n) is 4.02. The molecule has 0 fully saturated rings. The van der Waals surface area contributed by atoms with Gasteiger partial charge in [0.2, 0.25) is 5.82 Å². The topological polar surface area (TPSA) is 72.3 Å². The average molecular weight is 368 g/mol. The Morgan fingerprint density at radius 3 is 2.84 bits per heavy atom. The van der Waals surface area contributed by atoms with E-state index in [0.717, 1.165) is 9.13 Å². The van der Waals surface area contributed by atoms with Gasteiger partial charge in [-0.25, -0.2) is 0 Å². The summed E-state index contributed by atoms with van der Waals surface area (Å²) in [6.07, 6.45) is 1.57. The quantitative estimate of drug-likeness (QED) is 0.700. The predicted molar refractivity (Wildman–Crippen MR) is 76.6 cm³/mol. The summed E-state index contributed by atoms with van der Waals surface area (Å²) in [5, 5.41) is 13.7. The molecule has 96 valence electrons. The van der Waals surface area contributed by atoms with Crippen LogP contribution >= 0.6 is 22.6 Å². The highest BCUT2D eigenvalue weighted by Crippen LogP contribution is 2.31. The Balaban J connectivity index is 2.06. The van der Waals surface area contributed by atoms with Gasteiger partial charge < -0.3 is 14.0 Å². The molecule has 0 saturated heterocycles. The molecule has 0 radical (unpaired) electrons. The molecule has 0 aliphatic heterocycles. The second kappa shape index (κ2) is 4.69. The summed E-state index contributed by atoms with van der Waals surface area (Å²) in [5.41, 5.74) is 1.44. The average Bonchev–Trinajstić information content (AvgIpc) is 3.00. The Morgan fingerprint density at radius 1 is 1.26 bits per heavy atom. The lowest BCUT2D eigenvalue weighted by molar-refractivity contribution is 0.423. The summed E-state index contributed by atoms with van der Waals surface area (Å²) in [6, 6.07) is 7.00. The molecule has 1 N–H and O–H groups in total. The van der Waals surface area contributed by atoms with Crippen LogP contribution in [0.3, 0.4) is 0 Å². The molecule has 0 aliphatic rings. The van der Waals surface area contributed by atoms with E-state index in [2.05, 4.69) is 32.7 Å². The van der Waals surface area contributed by atoms with Gasteiger partial charge in [0.1, 0.15) is 5.75 Å². The van der Waals surface area contributed by atoms with Crippen LogP contribution in [0.4, 0.5) is 0 Å². The van der Waals surface area contributed by atoms with Crippen molar-refractivity contribution in [3.63, 3.8) is 0 Å². The third kappa shape index (κ3) is 2.23. The van der Waals surface area contributed by atoms with Crippen LogP contribution in [-0.4, -0.2) is 15.2 Å². The molecular formula is C13H9IN2O3. The highest BCUT2D eigenvalue weighted by Gasteiger charge is 2.17. The first-order valence-corrected chi connectivity index (χ1v) is 6.60. The standard InChI is InChI=1S/C13H9IN2O3/c1-7-4-5-18-11(7)12-15-13(19-16-12)9-6-8(14)2-3-10(9)17/h2-6,17H,1H3. The molecule has 0 saturated carbocycles. The van der Waals surface area contributed by atoms with E-state index < -0.39 is 0 Å². The van der Waals surface area contributed by atoms with E-state index in [4.69, 9.17) is 8.94 Å². The molecule has 0 spiro atoms. The van der Waals surface area contributed by atoms with Crippen molar-refractivity contribution in [2.75, 3.05) is 0 Å². The predicted octanol–water partition coefficient (Wildman–Crippen LogP) is 3.62. The molecule has 0 amide bonds. The monoisotopic (exact) mass is 368 g/mol. The molecule has 19 heavy (non-hydrogen) atoms. The fourth-order valence-electron chi connectivity index (χ4n) is 1.71. The molecule has 0 aliphatic carbocycles. The van der Waals surface area contributed by atoms with Crippen LogP contribution in [0.1, 0.15) is 5.56 Å². The number of aromatic hydroxyl groups is 1. The largest absolute Gasteiger partial charge is 0.507 e. The SMILES string of the molecule is Cc1ccoc1-c1noc(-c2cc(I)ccc2O)n1. The third-order valence-corrected chi connectivity index (χ3v) is 3.35. The Hall–Kier alpha value is -1.83. The molecule has 5 nitrogen and oxygen atoms in total. The number of furan rings is 1. The summed E-state index contributed by atoms with van der Waals surface area (Å²) in [4.78, 5) is 4.25. The number of benzene rings is 1. The van der Waals surface area contributed by atoms with Crippen LogP contribution in [0.25, 0.3) is 23.0 Å². The van der Waals surface area contributed by atoms with Gasteiger partial charge in [-0.05, 0) is 59.3 Å². The number of aromatic nitrogens is 2. The van der Waals surface area contributed by atoms with E-state index in [1.54, 1.807) is 24.5 Å². The van der Waals surface area contributed by atoms with Crippen LogP contribution < -0.4 is 0 Å². The fraction of sp³-hybridized carbons (Fsp3) is 0.0769. The summed E-state index contributed by atoms with van der Waals surface area (Å²) >= 11 is 2.15. The van der Waals surface area contributed by atoms with Crippen LogP contribution in [0.2, 0.25) is 0 Å². The van der Waals surface area contributed by atoms with Gasteiger partial charge in [0.15, 0.2) is 5.76 Å². The van der Waals surface area contributed by atoms with Crippen LogP contribution in [0, 0.1) is 10.5 Å². The molecule has 0 bridgehead atoms. The third-order valence-electron chi connectivity index (χ3n) is 2.68. The van der Waals surface area contributed by atoms with Gasteiger partial charge in [0.25, 0.3) is 5.89 Å². The normalized spacial score (nSPS) is 10.8. The fourth-order valence-corrected chi connectivity index (χ4v) is 2.20. The van der Waals surface area contributed by atoms with E-state index in [1.165, 1.54) is 0 Å². The molecule has 3 rings (SSSR count). The lowest BCUT2D eigenvalue weighted by Gasteiger charge is -1.99. The van der Waals surface area contributed by atoms with E-state index in [1.807, 2.05) is 13.0 Å². The van der Waals surface area contributed by atoms with E-state index in [-0.39, 0.29) is 11.6 Å². The highest BCUT2D eigenvalue weighted by molar-refractivity contribution is 14.1. The first-order valence-electron chi connectivity index (χ1n) is 5.52. The number of nitrogens with zero attached hydrogens (tertiary/aromatic N) is 2. The van der Waals surface area contributed by atoms with Gasteiger partial charge in [-0.15, -0.1) is 0 Å². The minimum Gasteiger partial charge on any atom is -0.507 e. The van der Waals surface area contributed by atoms with Crippen LogP contribution in [0.5, 0.6) is 5.75 Å². The highest BCUT2D eigenvalue weighted by atomic mass is 127. The minimum atomic E-state index is 0.104. The van der Waals surface area contributed by atoms with Crippen molar-refractivity contribution in [2.24, 2.45) is 0 Å². The lowest BCUT2D eigenvalue weighted by atomic mass is 10.2. The molecule has 3 aromatic rings. The molecule has 6 heteroatoms. The molecule has 2 aromatic heterocycles. The van der Waals surface area contributed by atoms with Gasteiger partial charge in [-0.1, -0.05) is 5.16 Å². The zero-order chi connectivity index (χ0) is 13.4. The number of phenolic OH excluding ortho intramolecular Hbond substituents is 1. The van der Waals surface area contributed by atoms with Crippen LogP contribution in [-0.2, 0) is 0 Å². The number of halogens is 1. The molecule has 2 heterocycles. The number of phenols is 1. The van der Waals surface area contributed by atoms with Crippen molar-refractivity contribution in [3.05, 3.63) is 39.7 Å². The van der Waals surface area contributed by atoms with Gasteiger partial charge >= 0.3 is 0 Å². The summed E-state index contributed by atoms with van der Waals surface area (Å²) < 4.78 is 11.5. The maximum absolute atomic E-state index is 9.83. The van der Waals surface area contributed by atoms with Crippen molar-refractivity contribution in [1.82, 2.24) is 10.1 Å². The Morgan fingerprint density at radius 2 is 2.11 bits per heavy atom. The van der Waals surface area contributed by atoms with E-state index >= 15 is 0 Å². The first-order chi connectivity index (χ1) is 9.15. The van der Waals surface area contributed by atoms with Gasteiger partial charge in [-0.3, -0.25) is 0 Å². The Kier molecular flexibility index (Phi) is 3.02. The summed E-state index contributed by atoms with van der Waals surface area (Å²) in [5.74, 6) is 1.31.